The molecule has 0 saturated carbocycles. The van der Waals surface area contributed by atoms with Crippen molar-refractivity contribution in [3.8, 4) is 0 Å². The molecule has 0 aromatic carbocycles. The first-order valence-corrected chi connectivity index (χ1v) is 9.38. The standard InChI is InChI=1S/C18H29N7O/c1-5-8-9-12(26)11-21-18-23-14-13(7-3)22-17(20-10-6-2)24-15(14)16(19-4)25-18/h5-11H2,1-4H3,(H,20,22,24)(H2,19,21,23,25). The quantitative estimate of drug-likeness (QED) is 0.562. The fourth-order valence-electron chi connectivity index (χ4n) is 2.53. The highest BCUT2D eigenvalue weighted by atomic mass is 16.1. The Bertz CT molecular complexity index is 748. The average molecular weight is 359 g/mol. The van der Waals surface area contributed by atoms with Crippen molar-refractivity contribution in [2.75, 3.05) is 36.1 Å². The molecule has 0 spiro atoms. The first-order valence-electron chi connectivity index (χ1n) is 9.38. The molecule has 0 aliphatic heterocycles. The molecule has 0 radical (unpaired) electrons. The second-order valence-electron chi connectivity index (χ2n) is 6.11. The first-order chi connectivity index (χ1) is 12.6. The lowest BCUT2D eigenvalue weighted by Crippen LogP contribution is -2.16. The number of hydrogen-bond acceptors (Lipinski definition) is 8. The summed E-state index contributed by atoms with van der Waals surface area (Å²) in [5.41, 5.74) is 2.24. The van der Waals surface area contributed by atoms with Gasteiger partial charge in [0.1, 0.15) is 11.0 Å². The Kier molecular flexibility index (Phi) is 7.50. The molecule has 3 N–H and O–H groups in total. The van der Waals surface area contributed by atoms with Gasteiger partial charge in [-0.25, -0.2) is 15.0 Å². The molecule has 0 unspecified atom stereocenters. The van der Waals surface area contributed by atoms with Gasteiger partial charge in [0.2, 0.25) is 11.9 Å². The lowest BCUT2D eigenvalue weighted by atomic mass is 10.2. The summed E-state index contributed by atoms with van der Waals surface area (Å²) >= 11 is 0. The summed E-state index contributed by atoms with van der Waals surface area (Å²) in [6, 6.07) is 0. The number of nitrogens with zero attached hydrogens (tertiary/aromatic N) is 4. The second-order valence-corrected chi connectivity index (χ2v) is 6.11. The summed E-state index contributed by atoms with van der Waals surface area (Å²) in [4.78, 5) is 30.1. The molecule has 0 fully saturated rings. The maximum atomic E-state index is 11.9. The van der Waals surface area contributed by atoms with E-state index in [1.165, 1.54) is 0 Å². The number of anilines is 3. The number of rotatable bonds is 11. The van der Waals surface area contributed by atoms with Crippen molar-refractivity contribution in [2.24, 2.45) is 0 Å². The molecule has 2 heterocycles. The SMILES string of the molecule is CCCCC(=O)CNc1nc(NC)c2nc(NCCC)nc(CC)c2n1. The maximum absolute atomic E-state index is 11.9. The predicted molar refractivity (Wildman–Crippen MR) is 106 cm³/mol. The van der Waals surface area contributed by atoms with Crippen LogP contribution in [0.2, 0.25) is 0 Å². The molecule has 2 rings (SSSR count). The van der Waals surface area contributed by atoms with Crippen molar-refractivity contribution in [3.05, 3.63) is 5.69 Å². The van der Waals surface area contributed by atoms with Crippen LogP contribution < -0.4 is 16.0 Å². The monoisotopic (exact) mass is 359 g/mol. The number of ketones is 1. The highest BCUT2D eigenvalue weighted by Gasteiger charge is 2.15. The molecule has 0 aliphatic carbocycles. The molecular weight excluding hydrogens is 330 g/mol. The smallest absolute Gasteiger partial charge is 0.225 e. The van der Waals surface area contributed by atoms with Crippen molar-refractivity contribution in [1.29, 1.82) is 0 Å². The summed E-state index contributed by atoms with van der Waals surface area (Å²) in [6.07, 6.45) is 4.21. The van der Waals surface area contributed by atoms with Crippen molar-refractivity contribution in [1.82, 2.24) is 19.9 Å². The van der Waals surface area contributed by atoms with Gasteiger partial charge in [-0.2, -0.15) is 4.98 Å². The lowest BCUT2D eigenvalue weighted by Gasteiger charge is -2.12. The molecule has 142 valence electrons. The first kappa shape index (κ1) is 19.8. The Morgan fingerprint density at radius 2 is 1.65 bits per heavy atom. The van der Waals surface area contributed by atoms with Gasteiger partial charge in [-0.3, -0.25) is 4.79 Å². The number of nitrogens with one attached hydrogen (secondary N) is 3. The summed E-state index contributed by atoms with van der Waals surface area (Å²) in [5.74, 6) is 1.79. The topological polar surface area (TPSA) is 105 Å². The van der Waals surface area contributed by atoms with Gasteiger partial charge >= 0.3 is 0 Å². The molecule has 8 heteroatoms. The van der Waals surface area contributed by atoms with Gasteiger partial charge in [-0.1, -0.05) is 27.2 Å². The zero-order chi connectivity index (χ0) is 18.9. The third-order valence-corrected chi connectivity index (χ3v) is 3.97. The van der Waals surface area contributed by atoms with Crippen LogP contribution in [0.3, 0.4) is 0 Å². The zero-order valence-corrected chi connectivity index (χ0v) is 16.1. The van der Waals surface area contributed by atoms with E-state index in [0.29, 0.717) is 35.2 Å². The second kappa shape index (κ2) is 9.84. The van der Waals surface area contributed by atoms with E-state index in [1.54, 1.807) is 7.05 Å². The van der Waals surface area contributed by atoms with E-state index < -0.39 is 0 Å². The van der Waals surface area contributed by atoms with E-state index in [-0.39, 0.29) is 12.3 Å². The third kappa shape index (κ3) is 5.00. The Labute approximate surface area is 154 Å². The molecule has 0 aliphatic rings. The summed E-state index contributed by atoms with van der Waals surface area (Å²) in [5, 5.41) is 9.33. The number of unbranched alkanes of at least 4 members (excludes halogenated alkanes) is 1. The van der Waals surface area contributed by atoms with E-state index in [2.05, 4.69) is 49.7 Å². The van der Waals surface area contributed by atoms with Crippen molar-refractivity contribution in [3.63, 3.8) is 0 Å². The van der Waals surface area contributed by atoms with Crippen molar-refractivity contribution in [2.45, 2.75) is 52.9 Å². The van der Waals surface area contributed by atoms with Crippen molar-refractivity contribution < 1.29 is 4.79 Å². The van der Waals surface area contributed by atoms with E-state index in [4.69, 9.17) is 0 Å². The molecule has 0 bridgehead atoms. The number of Topliss-reactive ketones (excluding diaryl/α,β-unsaturated/α-hetero) is 1. The number of carbonyl (C=O) groups is 1. The van der Waals surface area contributed by atoms with Crippen LogP contribution in [0.5, 0.6) is 0 Å². The fourth-order valence-corrected chi connectivity index (χ4v) is 2.53. The Morgan fingerprint density at radius 3 is 2.31 bits per heavy atom. The molecule has 26 heavy (non-hydrogen) atoms. The normalized spacial score (nSPS) is 10.8. The molecule has 2 aromatic rings. The van der Waals surface area contributed by atoms with E-state index >= 15 is 0 Å². The van der Waals surface area contributed by atoms with Crippen LogP contribution in [0.15, 0.2) is 0 Å². The van der Waals surface area contributed by atoms with E-state index in [0.717, 1.165) is 37.9 Å². The number of aryl methyl sites for hydroxylation is 1. The largest absolute Gasteiger partial charge is 0.371 e. The molecule has 2 aromatic heterocycles. The van der Waals surface area contributed by atoms with Crippen LogP contribution >= 0.6 is 0 Å². The summed E-state index contributed by atoms with van der Waals surface area (Å²) in [7, 11) is 1.80. The van der Waals surface area contributed by atoms with Gasteiger partial charge in [0, 0.05) is 20.0 Å². The van der Waals surface area contributed by atoms with Gasteiger partial charge in [-0.05, 0) is 19.3 Å². The molecule has 8 nitrogen and oxygen atoms in total. The number of aromatic nitrogens is 4. The van der Waals surface area contributed by atoms with Crippen LogP contribution in [-0.2, 0) is 11.2 Å². The van der Waals surface area contributed by atoms with Crippen LogP contribution in [0.4, 0.5) is 17.7 Å². The minimum Gasteiger partial charge on any atom is -0.371 e. The lowest BCUT2D eigenvalue weighted by molar-refractivity contribution is -0.117. The molecule has 0 amide bonds. The van der Waals surface area contributed by atoms with Crippen molar-refractivity contribution >= 4 is 34.5 Å². The predicted octanol–water partition coefficient (Wildman–Crippen LogP) is 3.02. The third-order valence-electron chi connectivity index (χ3n) is 3.97. The van der Waals surface area contributed by atoms with Gasteiger partial charge in [0.05, 0.1) is 12.2 Å². The Hall–Kier alpha value is -2.51. The summed E-state index contributed by atoms with van der Waals surface area (Å²) in [6.45, 7) is 7.24. The Balaban J connectivity index is 2.32. The van der Waals surface area contributed by atoms with Gasteiger partial charge in [-0.15, -0.1) is 0 Å². The van der Waals surface area contributed by atoms with Crippen LogP contribution in [0.1, 0.15) is 52.1 Å². The number of hydrogen-bond donors (Lipinski definition) is 3. The highest BCUT2D eigenvalue weighted by molar-refractivity contribution is 5.89. The number of carbonyl (C=O) groups excluding carboxylic acids is 1. The Morgan fingerprint density at radius 1 is 0.923 bits per heavy atom. The molecule has 0 saturated heterocycles. The van der Waals surface area contributed by atoms with Crippen LogP contribution in [0, 0.1) is 0 Å². The van der Waals surface area contributed by atoms with Crippen LogP contribution in [0.25, 0.3) is 11.0 Å². The van der Waals surface area contributed by atoms with Gasteiger partial charge < -0.3 is 16.0 Å². The number of fused-ring (bicyclic) bond motifs is 1. The maximum Gasteiger partial charge on any atom is 0.225 e. The molecule has 0 atom stereocenters. The zero-order valence-electron chi connectivity index (χ0n) is 16.1. The highest BCUT2D eigenvalue weighted by Crippen LogP contribution is 2.24. The molecular formula is C18H29N7O. The fraction of sp³-hybridized carbons (Fsp3) is 0.611. The van der Waals surface area contributed by atoms with Crippen LogP contribution in [-0.4, -0.2) is 45.9 Å². The minimum absolute atomic E-state index is 0.160. The van der Waals surface area contributed by atoms with Gasteiger partial charge in [0.25, 0.3) is 0 Å². The average Bonchev–Trinajstić information content (AvgIpc) is 2.67. The summed E-state index contributed by atoms with van der Waals surface area (Å²) < 4.78 is 0. The van der Waals surface area contributed by atoms with E-state index in [9.17, 15) is 4.79 Å². The minimum atomic E-state index is 0.160. The van der Waals surface area contributed by atoms with E-state index in [1.807, 2.05) is 6.92 Å². The van der Waals surface area contributed by atoms with Gasteiger partial charge in [0.15, 0.2) is 11.6 Å².